The van der Waals surface area contributed by atoms with Gasteiger partial charge in [-0.2, -0.15) is 0 Å². The molecule has 3 aromatic carbocycles. The summed E-state index contributed by atoms with van der Waals surface area (Å²) in [6.07, 6.45) is 0.992. The van der Waals surface area contributed by atoms with Gasteiger partial charge in [-0.1, -0.05) is 60.7 Å². The Hall–Kier alpha value is -3.84. The summed E-state index contributed by atoms with van der Waals surface area (Å²) >= 11 is 0. The van der Waals surface area contributed by atoms with Gasteiger partial charge >= 0.3 is 0 Å². The number of nitrogens with zero attached hydrogens (tertiary/aromatic N) is 1. The standard InChI is InChI=1S/C28H24FN3O3/c29-19-11-12-21-20(16-19)28(27(35)30-21)24-23(22(31-28)15-18-9-5-2-6-10-18)25(33)32(26(24)34)14-13-17-7-3-1-4-8-17/h1-12,16,22-24,31H,13-15H2,(H,30,35)/t22-,23-,24+,28+/m1/s1. The zero-order chi connectivity index (χ0) is 24.2. The zero-order valence-corrected chi connectivity index (χ0v) is 18.9. The number of benzene rings is 3. The fourth-order valence-corrected chi connectivity index (χ4v) is 5.98. The summed E-state index contributed by atoms with van der Waals surface area (Å²) < 4.78 is 14.3. The monoisotopic (exact) mass is 469 g/mol. The number of likely N-dealkylation sites (tertiary alicyclic amines) is 1. The number of rotatable bonds is 5. The van der Waals surface area contributed by atoms with Gasteiger partial charge in [0.1, 0.15) is 11.4 Å². The lowest BCUT2D eigenvalue weighted by Crippen LogP contribution is -2.53. The van der Waals surface area contributed by atoms with Gasteiger partial charge in [-0.05, 0) is 42.2 Å². The Morgan fingerprint density at radius 1 is 0.857 bits per heavy atom. The molecule has 2 fully saturated rings. The molecule has 3 aromatic rings. The van der Waals surface area contributed by atoms with Crippen LogP contribution >= 0.6 is 0 Å². The van der Waals surface area contributed by atoms with Crippen LogP contribution in [0.25, 0.3) is 0 Å². The predicted octanol–water partition coefficient (Wildman–Crippen LogP) is 3.03. The maximum Gasteiger partial charge on any atom is 0.250 e. The molecule has 2 N–H and O–H groups in total. The van der Waals surface area contributed by atoms with Crippen LogP contribution in [0.4, 0.5) is 10.1 Å². The van der Waals surface area contributed by atoms with Gasteiger partial charge in [0.2, 0.25) is 17.7 Å². The minimum absolute atomic E-state index is 0.237. The van der Waals surface area contributed by atoms with Crippen molar-refractivity contribution in [3.05, 3.63) is 101 Å². The van der Waals surface area contributed by atoms with Gasteiger partial charge in [0.05, 0.1) is 11.8 Å². The third-order valence-corrected chi connectivity index (χ3v) is 7.53. The topological polar surface area (TPSA) is 78.5 Å². The quantitative estimate of drug-likeness (QED) is 0.563. The fourth-order valence-electron chi connectivity index (χ4n) is 5.98. The summed E-state index contributed by atoms with van der Waals surface area (Å²) in [5.41, 5.74) is 1.37. The van der Waals surface area contributed by atoms with Crippen LogP contribution in [-0.4, -0.2) is 35.2 Å². The van der Waals surface area contributed by atoms with E-state index in [-0.39, 0.29) is 18.4 Å². The van der Waals surface area contributed by atoms with Crippen molar-refractivity contribution in [1.29, 1.82) is 0 Å². The molecule has 6 rings (SSSR count). The van der Waals surface area contributed by atoms with Crippen LogP contribution in [0.3, 0.4) is 0 Å². The summed E-state index contributed by atoms with van der Waals surface area (Å²) in [5, 5.41) is 6.17. The molecule has 0 radical (unpaired) electrons. The number of amides is 3. The average molecular weight is 470 g/mol. The molecular weight excluding hydrogens is 445 g/mol. The largest absolute Gasteiger partial charge is 0.324 e. The normalized spacial score (nSPS) is 26.8. The number of hydrogen-bond donors (Lipinski definition) is 2. The third kappa shape index (κ3) is 3.30. The molecule has 35 heavy (non-hydrogen) atoms. The zero-order valence-electron chi connectivity index (χ0n) is 18.9. The second-order valence-corrected chi connectivity index (χ2v) is 9.46. The van der Waals surface area contributed by atoms with Gasteiger partial charge in [0, 0.05) is 23.8 Å². The molecule has 1 spiro atoms. The van der Waals surface area contributed by atoms with Crippen molar-refractivity contribution in [2.24, 2.45) is 11.8 Å². The molecule has 7 heteroatoms. The lowest BCUT2D eigenvalue weighted by molar-refractivity contribution is -0.142. The minimum Gasteiger partial charge on any atom is -0.324 e. The molecule has 0 bridgehead atoms. The SMILES string of the molecule is O=C1[C@H]2[C@@H](C(=O)N1CCc1ccccc1)[C@]1(N[C@@H]2Cc2ccccc2)C(=O)Nc2ccc(F)cc21. The van der Waals surface area contributed by atoms with E-state index < -0.39 is 35.1 Å². The fraction of sp³-hybridized carbons (Fsp3) is 0.250. The van der Waals surface area contributed by atoms with Crippen molar-refractivity contribution < 1.29 is 18.8 Å². The molecule has 0 aliphatic carbocycles. The number of carbonyl (C=O) groups excluding carboxylic acids is 3. The summed E-state index contributed by atoms with van der Waals surface area (Å²) in [4.78, 5) is 42.3. The van der Waals surface area contributed by atoms with Gasteiger partial charge in [0.25, 0.3) is 0 Å². The van der Waals surface area contributed by atoms with Gasteiger partial charge < -0.3 is 5.32 Å². The molecule has 6 nitrogen and oxygen atoms in total. The number of carbonyl (C=O) groups is 3. The van der Waals surface area contributed by atoms with Crippen LogP contribution in [0.5, 0.6) is 0 Å². The smallest absolute Gasteiger partial charge is 0.250 e. The molecule has 176 valence electrons. The molecule has 0 saturated carbocycles. The summed E-state index contributed by atoms with van der Waals surface area (Å²) in [5.74, 6) is -3.25. The Labute approximate surface area is 202 Å². The first-order valence-electron chi connectivity index (χ1n) is 11.8. The van der Waals surface area contributed by atoms with Crippen molar-refractivity contribution in [2.45, 2.75) is 24.4 Å². The lowest BCUT2D eigenvalue weighted by atomic mass is 9.76. The number of fused-ring (bicyclic) bond motifs is 4. The second-order valence-electron chi connectivity index (χ2n) is 9.46. The highest BCUT2D eigenvalue weighted by Gasteiger charge is 2.70. The summed E-state index contributed by atoms with van der Waals surface area (Å²) in [6, 6.07) is 22.9. The van der Waals surface area contributed by atoms with Crippen LogP contribution in [0, 0.1) is 17.7 Å². The molecule has 0 unspecified atom stereocenters. The van der Waals surface area contributed by atoms with Crippen molar-refractivity contribution in [3.8, 4) is 0 Å². The molecular formula is C28H24FN3O3. The molecule has 4 atom stereocenters. The molecule has 3 heterocycles. The maximum absolute atomic E-state index is 14.3. The van der Waals surface area contributed by atoms with Gasteiger partial charge in [-0.25, -0.2) is 4.39 Å². The Morgan fingerprint density at radius 3 is 2.26 bits per heavy atom. The van der Waals surface area contributed by atoms with E-state index in [1.807, 2.05) is 60.7 Å². The second kappa shape index (κ2) is 8.13. The Kier molecular flexibility index (Phi) is 5.04. The summed E-state index contributed by atoms with van der Waals surface area (Å²) in [7, 11) is 0. The van der Waals surface area contributed by atoms with Gasteiger partial charge in [-0.3, -0.25) is 24.6 Å². The molecule has 2 saturated heterocycles. The van der Waals surface area contributed by atoms with E-state index in [1.54, 1.807) is 0 Å². The molecule has 3 aliphatic rings. The molecule has 3 amide bonds. The van der Waals surface area contributed by atoms with E-state index in [1.165, 1.54) is 23.1 Å². The minimum atomic E-state index is -1.49. The van der Waals surface area contributed by atoms with E-state index in [0.29, 0.717) is 24.1 Å². The number of imide groups is 1. The van der Waals surface area contributed by atoms with Gasteiger partial charge in [0.15, 0.2) is 0 Å². The van der Waals surface area contributed by atoms with Crippen molar-refractivity contribution in [2.75, 3.05) is 11.9 Å². The van der Waals surface area contributed by atoms with E-state index >= 15 is 0 Å². The van der Waals surface area contributed by atoms with Crippen LogP contribution in [0.1, 0.15) is 16.7 Å². The van der Waals surface area contributed by atoms with Crippen LogP contribution in [0.15, 0.2) is 78.9 Å². The Bertz CT molecular complexity index is 1330. The first-order chi connectivity index (χ1) is 17.0. The number of anilines is 1. The van der Waals surface area contributed by atoms with Crippen LogP contribution in [0.2, 0.25) is 0 Å². The average Bonchev–Trinajstić information content (AvgIpc) is 3.44. The van der Waals surface area contributed by atoms with E-state index in [0.717, 1.165) is 11.1 Å². The van der Waals surface area contributed by atoms with Crippen LogP contribution in [-0.2, 0) is 32.8 Å². The van der Waals surface area contributed by atoms with Gasteiger partial charge in [-0.15, -0.1) is 0 Å². The first kappa shape index (κ1) is 21.7. The Balaban J connectivity index is 1.41. The number of halogens is 1. The summed E-state index contributed by atoms with van der Waals surface area (Å²) in [6.45, 7) is 0.237. The molecule has 3 aliphatic heterocycles. The highest BCUT2D eigenvalue weighted by atomic mass is 19.1. The van der Waals surface area contributed by atoms with Crippen molar-refractivity contribution in [3.63, 3.8) is 0 Å². The predicted molar refractivity (Wildman–Crippen MR) is 128 cm³/mol. The van der Waals surface area contributed by atoms with E-state index in [4.69, 9.17) is 0 Å². The van der Waals surface area contributed by atoms with E-state index in [9.17, 15) is 18.8 Å². The third-order valence-electron chi connectivity index (χ3n) is 7.53. The van der Waals surface area contributed by atoms with Crippen LogP contribution < -0.4 is 10.6 Å². The molecule has 0 aromatic heterocycles. The van der Waals surface area contributed by atoms with Crippen molar-refractivity contribution in [1.82, 2.24) is 10.2 Å². The number of hydrogen-bond acceptors (Lipinski definition) is 4. The maximum atomic E-state index is 14.3. The lowest BCUT2D eigenvalue weighted by Gasteiger charge is -2.29. The highest BCUT2D eigenvalue weighted by molar-refractivity contribution is 6.15. The van der Waals surface area contributed by atoms with Crippen molar-refractivity contribution >= 4 is 23.4 Å². The first-order valence-corrected chi connectivity index (χ1v) is 11.8. The Morgan fingerprint density at radius 2 is 1.54 bits per heavy atom. The van der Waals surface area contributed by atoms with E-state index in [2.05, 4.69) is 10.6 Å². The number of nitrogens with one attached hydrogen (secondary N) is 2. The highest BCUT2D eigenvalue weighted by Crippen LogP contribution is 2.53.